The lowest BCUT2D eigenvalue weighted by molar-refractivity contribution is 0.121. The number of hydrogen-bond acceptors (Lipinski definition) is 4. The van der Waals surface area contributed by atoms with E-state index in [2.05, 4.69) is 10.2 Å². The molecule has 2 N–H and O–H groups in total. The normalized spacial score (nSPS) is 18.9. The minimum absolute atomic E-state index is 0.0311. The van der Waals surface area contributed by atoms with Gasteiger partial charge in [-0.25, -0.2) is 4.39 Å². The fraction of sp³-hybridized carbons (Fsp3) is 0.625. The van der Waals surface area contributed by atoms with Crippen LogP contribution in [-0.4, -0.2) is 48.5 Å². The highest BCUT2D eigenvalue weighted by molar-refractivity contribution is 7.98. The molecule has 5 heteroatoms. The van der Waals surface area contributed by atoms with Crippen LogP contribution in [0, 0.1) is 5.82 Å². The molecule has 0 bridgehead atoms. The van der Waals surface area contributed by atoms with E-state index in [-0.39, 0.29) is 18.0 Å². The molecule has 0 spiro atoms. The maximum absolute atomic E-state index is 13.8. The standard InChI is InChI=1S/C16H25FN2OS/c1-12(13-5-6-16(21-2)15(17)9-13)18-10-14(20)11-19-7-3-4-8-19/h5-6,9,12,14,18,20H,3-4,7-8,10-11H2,1-2H3. The monoisotopic (exact) mass is 312 g/mol. The second-order valence-electron chi connectivity index (χ2n) is 5.69. The number of benzene rings is 1. The lowest BCUT2D eigenvalue weighted by atomic mass is 10.1. The van der Waals surface area contributed by atoms with Gasteiger partial charge in [-0.05, 0) is 56.8 Å². The number of nitrogens with one attached hydrogen (secondary N) is 1. The Morgan fingerprint density at radius 2 is 2.10 bits per heavy atom. The topological polar surface area (TPSA) is 35.5 Å². The van der Waals surface area contributed by atoms with Crippen molar-refractivity contribution >= 4 is 11.8 Å². The predicted octanol–water partition coefficient (Wildman–Crippen LogP) is 2.65. The van der Waals surface area contributed by atoms with Crippen LogP contribution in [0.2, 0.25) is 0 Å². The third kappa shape index (κ3) is 4.95. The first kappa shape index (κ1) is 16.7. The van der Waals surface area contributed by atoms with E-state index in [1.54, 1.807) is 6.07 Å². The molecule has 1 aromatic carbocycles. The number of nitrogens with zero attached hydrogens (tertiary/aromatic N) is 1. The van der Waals surface area contributed by atoms with Gasteiger partial charge in [0.25, 0.3) is 0 Å². The first-order valence-electron chi connectivity index (χ1n) is 7.57. The summed E-state index contributed by atoms with van der Waals surface area (Å²) in [6.07, 6.45) is 3.96. The minimum atomic E-state index is -0.374. The van der Waals surface area contributed by atoms with Gasteiger partial charge >= 0.3 is 0 Å². The smallest absolute Gasteiger partial charge is 0.137 e. The summed E-state index contributed by atoms with van der Waals surface area (Å²) in [5, 5.41) is 13.3. The third-order valence-electron chi connectivity index (χ3n) is 4.00. The average molecular weight is 312 g/mol. The lowest BCUT2D eigenvalue weighted by Gasteiger charge is -2.22. The summed E-state index contributed by atoms with van der Waals surface area (Å²) in [5.41, 5.74) is 0.915. The van der Waals surface area contributed by atoms with Gasteiger partial charge in [-0.15, -0.1) is 11.8 Å². The highest BCUT2D eigenvalue weighted by Crippen LogP contribution is 2.23. The Hall–Kier alpha value is -0.620. The van der Waals surface area contributed by atoms with E-state index in [0.717, 1.165) is 25.2 Å². The molecular weight excluding hydrogens is 287 g/mol. The van der Waals surface area contributed by atoms with Crippen LogP contribution in [0.5, 0.6) is 0 Å². The molecular formula is C16H25FN2OS. The van der Waals surface area contributed by atoms with Crippen LogP contribution in [-0.2, 0) is 0 Å². The molecule has 1 fully saturated rings. The van der Waals surface area contributed by atoms with Gasteiger partial charge in [-0.3, -0.25) is 0 Å². The Morgan fingerprint density at radius 3 is 2.71 bits per heavy atom. The SMILES string of the molecule is CSc1ccc(C(C)NCC(O)CN2CCCC2)cc1F. The highest BCUT2D eigenvalue weighted by atomic mass is 32.2. The summed E-state index contributed by atoms with van der Waals surface area (Å²) in [4.78, 5) is 2.96. The maximum atomic E-state index is 13.8. The molecule has 3 nitrogen and oxygen atoms in total. The summed E-state index contributed by atoms with van der Waals surface area (Å²) in [6.45, 7) is 5.43. The number of likely N-dealkylation sites (tertiary alicyclic amines) is 1. The summed E-state index contributed by atoms with van der Waals surface area (Å²) < 4.78 is 13.8. The number of rotatable bonds is 7. The Bertz CT molecular complexity index is 452. The van der Waals surface area contributed by atoms with E-state index in [4.69, 9.17) is 0 Å². The van der Waals surface area contributed by atoms with Crippen LogP contribution < -0.4 is 5.32 Å². The van der Waals surface area contributed by atoms with E-state index in [1.807, 2.05) is 25.3 Å². The molecule has 1 saturated heterocycles. The average Bonchev–Trinajstić information content (AvgIpc) is 2.97. The molecule has 21 heavy (non-hydrogen) atoms. The number of thioether (sulfide) groups is 1. The molecule has 0 aromatic heterocycles. The zero-order valence-electron chi connectivity index (χ0n) is 12.8. The number of hydrogen-bond donors (Lipinski definition) is 2. The molecule has 0 saturated carbocycles. The van der Waals surface area contributed by atoms with Crippen LogP contribution in [0.4, 0.5) is 4.39 Å². The molecule has 0 aliphatic carbocycles. The summed E-state index contributed by atoms with van der Waals surface area (Å²) in [6, 6.07) is 5.37. The lowest BCUT2D eigenvalue weighted by Crippen LogP contribution is -2.37. The van der Waals surface area contributed by atoms with Crippen LogP contribution >= 0.6 is 11.8 Å². The quantitative estimate of drug-likeness (QED) is 0.759. The van der Waals surface area contributed by atoms with E-state index in [0.29, 0.717) is 11.4 Å². The van der Waals surface area contributed by atoms with Crippen molar-refractivity contribution in [2.24, 2.45) is 0 Å². The van der Waals surface area contributed by atoms with Gasteiger partial charge in [-0.1, -0.05) is 6.07 Å². The van der Waals surface area contributed by atoms with Crippen molar-refractivity contribution in [1.82, 2.24) is 10.2 Å². The molecule has 1 aliphatic rings. The summed E-state index contributed by atoms with van der Waals surface area (Å²) in [5.74, 6) is -0.175. The Balaban J connectivity index is 1.80. The Kier molecular flexibility index (Phi) is 6.48. The zero-order valence-corrected chi connectivity index (χ0v) is 13.6. The van der Waals surface area contributed by atoms with Gasteiger partial charge < -0.3 is 15.3 Å². The van der Waals surface area contributed by atoms with E-state index in [9.17, 15) is 9.50 Å². The summed E-state index contributed by atoms with van der Waals surface area (Å²) >= 11 is 1.41. The Labute approximate surface area is 130 Å². The largest absolute Gasteiger partial charge is 0.390 e. The van der Waals surface area contributed by atoms with Crippen molar-refractivity contribution in [2.75, 3.05) is 32.4 Å². The highest BCUT2D eigenvalue weighted by Gasteiger charge is 2.16. The van der Waals surface area contributed by atoms with Crippen LogP contribution in [0.1, 0.15) is 31.4 Å². The second kappa shape index (κ2) is 8.13. The molecule has 1 aromatic rings. The van der Waals surface area contributed by atoms with Gasteiger partial charge in [-0.2, -0.15) is 0 Å². The minimum Gasteiger partial charge on any atom is -0.390 e. The maximum Gasteiger partial charge on any atom is 0.137 e. The fourth-order valence-electron chi connectivity index (χ4n) is 2.71. The van der Waals surface area contributed by atoms with Crippen molar-refractivity contribution in [3.63, 3.8) is 0 Å². The van der Waals surface area contributed by atoms with Gasteiger partial charge in [0.2, 0.25) is 0 Å². The number of halogens is 1. The molecule has 118 valence electrons. The zero-order chi connectivity index (χ0) is 15.2. The molecule has 2 rings (SSSR count). The first-order valence-corrected chi connectivity index (χ1v) is 8.80. The molecule has 0 radical (unpaired) electrons. The molecule has 0 amide bonds. The van der Waals surface area contributed by atoms with Crippen molar-refractivity contribution in [3.05, 3.63) is 29.6 Å². The first-order chi connectivity index (χ1) is 10.1. The summed E-state index contributed by atoms with van der Waals surface area (Å²) in [7, 11) is 0. The van der Waals surface area contributed by atoms with Gasteiger partial charge in [0.15, 0.2) is 0 Å². The molecule has 2 atom stereocenters. The number of aliphatic hydroxyl groups excluding tert-OH is 1. The van der Waals surface area contributed by atoms with Crippen LogP contribution in [0.25, 0.3) is 0 Å². The van der Waals surface area contributed by atoms with Crippen LogP contribution in [0.3, 0.4) is 0 Å². The van der Waals surface area contributed by atoms with Gasteiger partial charge in [0.05, 0.1) is 6.10 Å². The molecule has 1 aliphatic heterocycles. The van der Waals surface area contributed by atoms with Crippen molar-refractivity contribution < 1.29 is 9.50 Å². The fourth-order valence-corrected chi connectivity index (χ4v) is 3.17. The second-order valence-corrected chi connectivity index (χ2v) is 6.53. The van der Waals surface area contributed by atoms with Gasteiger partial charge in [0, 0.05) is 24.0 Å². The van der Waals surface area contributed by atoms with E-state index < -0.39 is 0 Å². The number of aliphatic hydroxyl groups is 1. The molecule has 1 heterocycles. The van der Waals surface area contributed by atoms with Crippen molar-refractivity contribution in [2.45, 2.75) is 36.8 Å². The van der Waals surface area contributed by atoms with Crippen molar-refractivity contribution in [1.29, 1.82) is 0 Å². The third-order valence-corrected chi connectivity index (χ3v) is 4.77. The predicted molar refractivity (Wildman–Crippen MR) is 86.3 cm³/mol. The van der Waals surface area contributed by atoms with E-state index in [1.165, 1.54) is 24.6 Å². The number of β-amino-alcohol motifs (C(OH)–C–C–N with tert-alkyl or cyclic N) is 1. The van der Waals surface area contributed by atoms with Gasteiger partial charge in [0.1, 0.15) is 5.82 Å². The van der Waals surface area contributed by atoms with Crippen molar-refractivity contribution in [3.8, 4) is 0 Å². The molecule has 2 unspecified atom stereocenters. The van der Waals surface area contributed by atoms with E-state index >= 15 is 0 Å². The van der Waals surface area contributed by atoms with Crippen LogP contribution in [0.15, 0.2) is 23.1 Å². The Morgan fingerprint density at radius 1 is 1.38 bits per heavy atom.